The molecule has 0 bridgehead atoms. The molecule has 3 aliphatic rings. The summed E-state index contributed by atoms with van der Waals surface area (Å²) in [5.41, 5.74) is 0.586. The number of nitrogens with zero attached hydrogens (tertiary/aromatic N) is 3. The second-order valence-electron chi connectivity index (χ2n) is 7.78. The van der Waals surface area contributed by atoms with E-state index in [1.807, 2.05) is 30.3 Å². The first kappa shape index (κ1) is 17.0. The Morgan fingerprint density at radius 3 is 2.54 bits per heavy atom. The fraction of sp³-hybridized carbons (Fsp3) is 0.526. The summed E-state index contributed by atoms with van der Waals surface area (Å²) < 4.78 is 0. The number of hydroxylamine groups is 2. The van der Waals surface area contributed by atoms with Crippen molar-refractivity contribution in [2.24, 2.45) is 11.3 Å². The normalized spacial score (nSPS) is 33.5. The van der Waals surface area contributed by atoms with E-state index in [1.54, 1.807) is 18.9 Å². The van der Waals surface area contributed by atoms with Crippen LogP contribution in [0.2, 0.25) is 0 Å². The van der Waals surface area contributed by atoms with Gasteiger partial charge in [-0.2, -0.15) is 0 Å². The van der Waals surface area contributed by atoms with Gasteiger partial charge in [-0.1, -0.05) is 30.3 Å². The van der Waals surface area contributed by atoms with Crippen molar-refractivity contribution >= 4 is 11.6 Å². The first-order valence-electron chi connectivity index (χ1n) is 9.01. The summed E-state index contributed by atoms with van der Waals surface area (Å²) >= 11 is 0. The van der Waals surface area contributed by atoms with Gasteiger partial charge >= 0.3 is 0 Å². The Kier molecular flexibility index (Phi) is 3.80. The summed E-state index contributed by atoms with van der Waals surface area (Å²) in [6, 6.07) is 8.93. The summed E-state index contributed by atoms with van der Waals surface area (Å²) in [7, 11) is 1.72. The van der Waals surface area contributed by atoms with Crippen LogP contribution in [0.5, 0.6) is 0 Å². The minimum atomic E-state index is -1.29. The van der Waals surface area contributed by atoms with Gasteiger partial charge < -0.3 is 15.2 Å². The molecule has 1 aromatic carbocycles. The molecule has 0 spiro atoms. The monoisotopic (exact) mass is 356 g/mol. The van der Waals surface area contributed by atoms with Gasteiger partial charge in [-0.05, 0) is 37.3 Å². The molecule has 7 nitrogen and oxygen atoms in total. The lowest BCUT2D eigenvalue weighted by molar-refractivity contribution is -0.491. The minimum absolute atomic E-state index is 0.0614. The Labute approximate surface area is 152 Å². The van der Waals surface area contributed by atoms with E-state index in [-0.39, 0.29) is 23.9 Å². The molecular formula is C19H22N3O4-. The van der Waals surface area contributed by atoms with Gasteiger partial charge in [-0.15, -0.1) is 0 Å². The molecule has 1 amide bonds. The lowest BCUT2D eigenvalue weighted by atomic mass is 9.64. The predicted octanol–water partition coefficient (Wildman–Crippen LogP) is 2.50. The van der Waals surface area contributed by atoms with Crippen molar-refractivity contribution in [2.45, 2.75) is 38.3 Å². The number of likely N-dealkylation sites (tertiary alicyclic amines) is 1. The zero-order chi connectivity index (χ0) is 18.6. The summed E-state index contributed by atoms with van der Waals surface area (Å²) in [5.74, 6) is -0.390. The Morgan fingerprint density at radius 1 is 1.23 bits per heavy atom. The highest BCUT2D eigenvalue weighted by Gasteiger charge is 2.60. The predicted molar refractivity (Wildman–Crippen MR) is 96.2 cm³/mol. The zero-order valence-corrected chi connectivity index (χ0v) is 14.9. The Bertz CT molecular complexity index is 793. The van der Waals surface area contributed by atoms with Crippen LogP contribution in [0.15, 0.2) is 35.9 Å². The Balaban J connectivity index is 1.97. The maximum absolute atomic E-state index is 13.2. The van der Waals surface area contributed by atoms with E-state index in [2.05, 4.69) is 0 Å². The number of hydrogen-bond acceptors (Lipinski definition) is 5. The van der Waals surface area contributed by atoms with E-state index < -0.39 is 16.9 Å². The van der Waals surface area contributed by atoms with Gasteiger partial charge in [0.25, 0.3) is 0 Å². The quantitative estimate of drug-likeness (QED) is 0.613. The number of rotatable bonds is 3. The maximum Gasteiger partial charge on any atom is 0.239 e. The van der Waals surface area contributed by atoms with Crippen molar-refractivity contribution in [3.63, 3.8) is 0 Å². The third-order valence-electron chi connectivity index (χ3n) is 6.32. The lowest BCUT2D eigenvalue weighted by Crippen LogP contribution is -2.61. The van der Waals surface area contributed by atoms with Crippen molar-refractivity contribution in [3.8, 4) is 0 Å². The van der Waals surface area contributed by atoms with Crippen LogP contribution in [0.1, 0.15) is 31.7 Å². The molecule has 2 aliphatic heterocycles. The van der Waals surface area contributed by atoms with Gasteiger partial charge in [0.15, 0.2) is 0 Å². The SMILES string of the molecule is CN1C(=O)[C@](C)(C[N+](=O)[O-])C2=C(c3ccccc3)N([O-])[C@@H]3CCCC1C23. The average molecular weight is 356 g/mol. The maximum atomic E-state index is 13.2. The van der Waals surface area contributed by atoms with E-state index in [9.17, 15) is 20.1 Å². The third-order valence-corrected chi connectivity index (χ3v) is 6.32. The molecule has 1 aromatic rings. The zero-order valence-electron chi connectivity index (χ0n) is 14.9. The number of amides is 1. The molecule has 138 valence electrons. The first-order valence-corrected chi connectivity index (χ1v) is 9.01. The van der Waals surface area contributed by atoms with Crippen LogP contribution >= 0.6 is 0 Å². The van der Waals surface area contributed by atoms with Crippen LogP contribution in [0.25, 0.3) is 5.70 Å². The molecular weight excluding hydrogens is 334 g/mol. The fourth-order valence-electron chi connectivity index (χ4n) is 5.25. The van der Waals surface area contributed by atoms with Crippen molar-refractivity contribution < 1.29 is 9.72 Å². The first-order chi connectivity index (χ1) is 12.4. The molecule has 0 radical (unpaired) electrons. The standard InChI is InChI=1S/C19H22N3O4/c1-19(11-21(24)25)16-15-13(20(2)18(19)23)9-6-10-14(15)22(26)17(16)12-7-4-3-5-8-12/h3-5,7-8,13-15H,6,9-11H2,1-2H3/q-1/t13?,14-,15?,19-/m1/s1. The van der Waals surface area contributed by atoms with E-state index in [1.165, 1.54) is 0 Å². The van der Waals surface area contributed by atoms with E-state index >= 15 is 0 Å². The van der Waals surface area contributed by atoms with Gasteiger partial charge in [-0.25, -0.2) is 0 Å². The summed E-state index contributed by atoms with van der Waals surface area (Å²) in [6.07, 6.45) is 2.46. The van der Waals surface area contributed by atoms with Gasteiger partial charge in [0.2, 0.25) is 12.5 Å². The molecule has 0 N–H and O–H groups in total. The molecule has 2 unspecified atom stereocenters. The van der Waals surface area contributed by atoms with Crippen molar-refractivity contribution in [1.29, 1.82) is 0 Å². The smallest absolute Gasteiger partial charge is 0.239 e. The Hall–Kier alpha value is -2.41. The van der Waals surface area contributed by atoms with Crippen molar-refractivity contribution in [3.05, 3.63) is 56.8 Å². The fourth-order valence-corrected chi connectivity index (χ4v) is 5.25. The number of piperidine rings is 1. The number of carbonyl (C=O) groups excluding carboxylic acids is 1. The van der Waals surface area contributed by atoms with E-state index in [0.29, 0.717) is 11.3 Å². The number of carbonyl (C=O) groups is 1. The van der Waals surface area contributed by atoms with Crippen LogP contribution in [0.4, 0.5) is 0 Å². The summed E-state index contributed by atoms with van der Waals surface area (Å²) in [4.78, 5) is 25.8. The topological polar surface area (TPSA) is 89.8 Å². The van der Waals surface area contributed by atoms with Crippen molar-refractivity contribution in [1.82, 2.24) is 9.96 Å². The molecule has 1 saturated carbocycles. The van der Waals surface area contributed by atoms with E-state index in [4.69, 9.17) is 0 Å². The lowest BCUT2D eigenvalue weighted by Gasteiger charge is -2.50. The molecule has 0 aromatic heterocycles. The van der Waals surface area contributed by atoms with Crippen LogP contribution in [0.3, 0.4) is 0 Å². The number of benzene rings is 1. The second kappa shape index (κ2) is 5.81. The average Bonchev–Trinajstić information content (AvgIpc) is 2.93. The Morgan fingerprint density at radius 2 is 1.88 bits per heavy atom. The van der Waals surface area contributed by atoms with Crippen LogP contribution in [-0.2, 0) is 4.79 Å². The van der Waals surface area contributed by atoms with Crippen LogP contribution < -0.4 is 0 Å². The van der Waals surface area contributed by atoms with Gasteiger partial charge in [-0.3, -0.25) is 14.9 Å². The number of nitro groups is 1. The van der Waals surface area contributed by atoms with Gasteiger partial charge in [0.05, 0.1) is 0 Å². The van der Waals surface area contributed by atoms with Crippen LogP contribution in [0, 0.1) is 26.7 Å². The van der Waals surface area contributed by atoms with Gasteiger partial charge in [0.1, 0.15) is 5.41 Å². The molecule has 7 heteroatoms. The molecule has 4 rings (SSSR count). The number of hydrogen-bond donors (Lipinski definition) is 0. The van der Waals surface area contributed by atoms with Crippen molar-refractivity contribution in [2.75, 3.05) is 13.6 Å². The highest BCUT2D eigenvalue weighted by molar-refractivity contribution is 5.92. The molecule has 2 heterocycles. The highest BCUT2D eigenvalue weighted by atomic mass is 16.6. The molecule has 26 heavy (non-hydrogen) atoms. The molecule has 1 saturated heterocycles. The van der Waals surface area contributed by atoms with E-state index in [0.717, 1.165) is 29.9 Å². The minimum Gasteiger partial charge on any atom is -0.758 e. The summed E-state index contributed by atoms with van der Waals surface area (Å²) in [5, 5.41) is 25.7. The summed E-state index contributed by atoms with van der Waals surface area (Å²) in [6.45, 7) is 1.14. The van der Waals surface area contributed by atoms with Crippen LogP contribution in [-0.4, -0.2) is 46.5 Å². The molecule has 4 atom stereocenters. The second-order valence-corrected chi connectivity index (χ2v) is 7.78. The molecule has 2 fully saturated rings. The molecule has 1 aliphatic carbocycles. The van der Waals surface area contributed by atoms with Gasteiger partial charge in [0, 0.05) is 35.7 Å². The largest absolute Gasteiger partial charge is 0.758 e. The highest BCUT2D eigenvalue weighted by Crippen LogP contribution is 2.56. The third kappa shape index (κ3) is 2.19.